The highest BCUT2D eigenvalue weighted by molar-refractivity contribution is 7.13. The topological polar surface area (TPSA) is 41.0 Å². The van der Waals surface area contributed by atoms with E-state index in [0.717, 1.165) is 42.6 Å². The molecule has 4 nitrogen and oxygen atoms in total. The highest BCUT2D eigenvalue weighted by Crippen LogP contribution is 2.20. The Morgan fingerprint density at radius 1 is 1.33 bits per heavy atom. The molecule has 2 heterocycles. The third-order valence-corrected chi connectivity index (χ3v) is 4.12. The predicted octanol–water partition coefficient (Wildman–Crippen LogP) is 2.74. The van der Waals surface area contributed by atoms with E-state index in [1.54, 1.807) is 22.7 Å². The number of rotatable bonds is 7. The molecule has 0 aliphatic heterocycles. The molecule has 0 aliphatic rings. The maximum Gasteiger partial charge on any atom is 0.185 e. The Morgan fingerprint density at radius 2 is 2.22 bits per heavy atom. The van der Waals surface area contributed by atoms with Crippen LogP contribution in [0.2, 0.25) is 0 Å². The lowest BCUT2D eigenvalue weighted by molar-refractivity contribution is 0.666. The van der Waals surface area contributed by atoms with Gasteiger partial charge < -0.3 is 10.2 Å². The fourth-order valence-corrected chi connectivity index (χ4v) is 2.91. The van der Waals surface area contributed by atoms with Crippen molar-refractivity contribution in [3.05, 3.63) is 27.7 Å². The van der Waals surface area contributed by atoms with Crippen molar-refractivity contribution in [3.63, 3.8) is 0 Å². The van der Waals surface area contributed by atoms with Gasteiger partial charge in [-0.25, -0.2) is 9.97 Å². The summed E-state index contributed by atoms with van der Waals surface area (Å²) in [6, 6.07) is 0. The Morgan fingerprint density at radius 3 is 2.94 bits per heavy atom. The summed E-state index contributed by atoms with van der Waals surface area (Å²) < 4.78 is 0. The summed E-state index contributed by atoms with van der Waals surface area (Å²) in [6.45, 7) is 4.89. The lowest BCUT2D eigenvalue weighted by Crippen LogP contribution is -2.17. The van der Waals surface area contributed by atoms with E-state index in [0.29, 0.717) is 0 Å². The summed E-state index contributed by atoms with van der Waals surface area (Å²) in [4.78, 5) is 11.1. The standard InChI is InChI=1S/C12H18N4S2/c1-3-4-13-5-10-8-18-12(15-10)16(2)6-11-7-17-9-14-11/h7-9,13H,3-6H2,1-2H3. The maximum atomic E-state index is 4.62. The highest BCUT2D eigenvalue weighted by Gasteiger charge is 2.08. The van der Waals surface area contributed by atoms with Gasteiger partial charge in [-0.15, -0.1) is 22.7 Å². The van der Waals surface area contributed by atoms with Crippen LogP contribution in [0, 0.1) is 0 Å². The quantitative estimate of drug-likeness (QED) is 0.793. The van der Waals surface area contributed by atoms with E-state index in [1.807, 2.05) is 5.51 Å². The van der Waals surface area contributed by atoms with Crippen LogP contribution in [0.5, 0.6) is 0 Å². The Hall–Kier alpha value is -0.980. The molecule has 1 N–H and O–H groups in total. The zero-order valence-electron chi connectivity index (χ0n) is 10.7. The third kappa shape index (κ3) is 3.76. The van der Waals surface area contributed by atoms with Crippen molar-refractivity contribution in [2.45, 2.75) is 26.4 Å². The Kier molecular flexibility index (Phi) is 5.10. The van der Waals surface area contributed by atoms with Crippen molar-refractivity contribution in [1.29, 1.82) is 0 Å². The van der Waals surface area contributed by atoms with Crippen molar-refractivity contribution in [1.82, 2.24) is 15.3 Å². The van der Waals surface area contributed by atoms with Gasteiger partial charge in [-0.2, -0.15) is 0 Å². The lowest BCUT2D eigenvalue weighted by atomic mass is 10.4. The molecule has 0 fully saturated rings. The number of hydrogen-bond acceptors (Lipinski definition) is 6. The molecule has 98 valence electrons. The normalized spacial score (nSPS) is 10.8. The second kappa shape index (κ2) is 6.82. The van der Waals surface area contributed by atoms with Crippen LogP contribution in [-0.4, -0.2) is 23.6 Å². The van der Waals surface area contributed by atoms with Crippen molar-refractivity contribution in [3.8, 4) is 0 Å². The fourth-order valence-electron chi connectivity index (χ4n) is 1.57. The van der Waals surface area contributed by atoms with Crippen molar-refractivity contribution >= 4 is 27.8 Å². The van der Waals surface area contributed by atoms with Gasteiger partial charge >= 0.3 is 0 Å². The molecule has 0 aromatic carbocycles. The molecule has 0 saturated carbocycles. The van der Waals surface area contributed by atoms with Gasteiger partial charge in [0, 0.05) is 24.4 Å². The molecule has 0 amide bonds. The van der Waals surface area contributed by atoms with Crippen LogP contribution in [-0.2, 0) is 13.1 Å². The van der Waals surface area contributed by atoms with Gasteiger partial charge in [-0.05, 0) is 13.0 Å². The van der Waals surface area contributed by atoms with Crippen LogP contribution in [0.25, 0.3) is 0 Å². The molecule has 2 rings (SSSR count). The first-order valence-corrected chi connectivity index (χ1v) is 7.85. The highest BCUT2D eigenvalue weighted by atomic mass is 32.1. The average molecular weight is 282 g/mol. The molecular weight excluding hydrogens is 264 g/mol. The van der Waals surface area contributed by atoms with E-state index in [4.69, 9.17) is 0 Å². The number of nitrogens with zero attached hydrogens (tertiary/aromatic N) is 3. The van der Waals surface area contributed by atoms with Crippen LogP contribution >= 0.6 is 22.7 Å². The van der Waals surface area contributed by atoms with E-state index in [9.17, 15) is 0 Å². The van der Waals surface area contributed by atoms with Crippen LogP contribution < -0.4 is 10.2 Å². The minimum atomic E-state index is 0.818. The molecule has 2 aromatic heterocycles. The largest absolute Gasteiger partial charge is 0.345 e. The van der Waals surface area contributed by atoms with Gasteiger partial charge in [0.25, 0.3) is 0 Å². The van der Waals surface area contributed by atoms with Crippen molar-refractivity contribution in [2.24, 2.45) is 0 Å². The van der Waals surface area contributed by atoms with Crippen LogP contribution in [0.3, 0.4) is 0 Å². The Balaban J connectivity index is 1.88. The second-order valence-electron chi connectivity index (χ2n) is 4.13. The van der Waals surface area contributed by atoms with Gasteiger partial charge in [0.1, 0.15) is 0 Å². The molecular formula is C12H18N4S2. The van der Waals surface area contributed by atoms with E-state index >= 15 is 0 Å². The molecule has 18 heavy (non-hydrogen) atoms. The van der Waals surface area contributed by atoms with E-state index in [-0.39, 0.29) is 0 Å². The van der Waals surface area contributed by atoms with Gasteiger partial charge in [0.05, 0.1) is 23.4 Å². The molecule has 0 saturated heterocycles. The summed E-state index contributed by atoms with van der Waals surface area (Å²) in [7, 11) is 2.06. The Bertz CT molecular complexity index is 452. The lowest BCUT2D eigenvalue weighted by Gasteiger charge is -2.13. The van der Waals surface area contributed by atoms with Gasteiger partial charge in [0.15, 0.2) is 5.13 Å². The molecule has 0 unspecified atom stereocenters. The molecule has 0 bridgehead atoms. The summed E-state index contributed by atoms with van der Waals surface area (Å²) in [5.41, 5.74) is 4.09. The molecule has 0 atom stereocenters. The van der Waals surface area contributed by atoms with Crippen LogP contribution in [0.1, 0.15) is 24.7 Å². The smallest absolute Gasteiger partial charge is 0.185 e. The number of thiazole rings is 2. The Labute approximate surface area is 116 Å². The minimum Gasteiger partial charge on any atom is -0.345 e. The maximum absolute atomic E-state index is 4.62. The van der Waals surface area contributed by atoms with Crippen molar-refractivity contribution in [2.75, 3.05) is 18.5 Å². The zero-order valence-corrected chi connectivity index (χ0v) is 12.4. The van der Waals surface area contributed by atoms with Crippen LogP contribution in [0.15, 0.2) is 16.3 Å². The summed E-state index contributed by atoms with van der Waals surface area (Å²) in [5, 5.41) is 8.61. The summed E-state index contributed by atoms with van der Waals surface area (Å²) in [5.74, 6) is 0. The molecule has 6 heteroatoms. The van der Waals surface area contributed by atoms with E-state index in [1.165, 1.54) is 0 Å². The van der Waals surface area contributed by atoms with Gasteiger partial charge in [-0.1, -0.05) is 6.92 Å². The SMILES string of the molecule is CCCNCc1csc(N(C)Cc2cscn2)n1. The average Bonchev–Trinajstić information content (AvgIpc) is 3.00. The predicted molar refractivity (Wildman–Crippen MR) is 78.3 cm³/mol. The molecule has 2 aromatic rings. The molecule has 0 radical (unpaired) electrons. The monoisotopic (exact) mass is 282 g/mol. The van der Waals surface area contributed by atoms with Crippen LogP contribution in [0.4, 0.5) is 5.13 Å². The van der Waals surface area contributed by atoms with Crippen molar-refractivity contribution < 1.29 is 0 Å². The number of hydrogen-bond donors (Lipinski definition) is 1. The number of anilines is 1. The molecule has 0 aliphatic carbocycles. The fraction of sp³-hybridized carbons (Fsp3) is 0.500. The zero-order chi connectivity index (χ0) is 12.8. The van der Waals surface area contributed by atoms with E-state index < -0.39 is 0 Å². The summed E-state index contributed by atoms with van der Waals surface area (Å²) >= 11 is 3.32. The first-order chi connectivity index (χ1) is 8.79. The van der Waals surface area contributed by atoms with E-state index in [2.05, 4.69) is 44.9 Å². The third-order valence-electron chi connectivity index (χ3n) is 2.48. The first-order valence-electron chi connectivity index (χ1n) is 6.03. The first kappa shape index (κ1) is 13.5. The second-order valence-corrected chi connectivity index (χ2v) is 5.69. The van der Waals surface area contributed by atoms with Gasteiger partial charge in [0.2, 0.25) is 0 Å². The van der Waals surface area contributed by atoms with Gasteiger partial charge in [-0.3, -0.25) is 0 Å². The minimum absolute atomic E-state index is 0.818. The molecule has 0 spiro atoms. The number of aromatic nitrogens is 2. The summed E-state index contributed by atoms with van der Waals surface area (Å²) in [6.07, 6.45) is 1.15. The number of nitrogens with one attached hydrogen (secondary N) is 1.